The molecule has 0 saturated heterocycles. The fourth-order valence-electron chi connectivity index (χ4n) is 3.73. The molecule has 38 heavy (non-hydrogen) atoms. The van der Waals surface area contributed by atoms with Gasteiger partial charge in [-0.15, -0.1) is 0 Å². The quantitative estimate of drug-likeness (QED) is 0.220. The standard InChI is InChI=1S/C30H40N2O6/c1-22(20-28(34)31-19-11-7-10-14-27(33)32-21-29(35)36)15-16-23(2)30(38-5)24(3)26(37-4)18-17-25-12-8-6-9-13-25/h6,8-20,23-24,26,30H,7,21H2,1-5H3,(H,31,34)(H,32,33)(H,35,36)/t23-,24+,26-,30-/m0/s1. The Bertz CT molecular complexity index is 1030. The zero-order valence-corrected chi connectivity index (χ0v) is 22.8. The SMILES string of the molecule is CO[C@H]([C@H](C)[C@H](C=Cc1ccccc1)OC)[C@@H](C)C=CC(C)=CC(=O)NC=CCC=CC(=O)NCC(=O)O. The molecule has 4 atom stereocenters. The number of ether oxygens (including phenoxy) is 2. The number of carbonyl (C=O) groups excluding carboxylic acids is 2. The Morgan fingerprint density at radius 3 is 2.32 bits per heavy atom. The van der Waals surface area contributed by atoms with Crippen LogP contribution < -0.4 is 10.6 Å². The number of nitrogens with one attached hydrogen (secondary N) is 2. The molecule has 0 unspecified atom stereocenters. The molecule has 206 valence electrons. The van der Waals surface area contributed by atoms with Gasteiger partial charge in [-0.1, -0.05) is 80.6 Å². The highest BCUT2D eigenvalue weighted by molar-refractivity contribution is 5.90. The number of benzene rings is 1. The molecule has 0 bridgehead atoms. The van der Waals surface area contributed by atoms with Crippen LogP contribution in [0, 0.1) is 11.8 Å². The minimum absolute atomic E-state index is 0.0727. The van der Waals surface area contributed by atoms with Gasteiger partial charge in [0.15, 0.2) is 0 Å². The third kappa shape index (κ3) is 13.5. The van der Waals surface area contributed by atoms with E-state index in [4.69, 9.17) is 14.6 Å². The van der Waals surface area contributed by atoms with Crippen LogP contribution in [0.15, 0.2) is 84.6 Å². The molecule has 0 saturated carbocycles. The summed E-state index contributed by atoms with van der Waals surface area (Å²) in [4.78, 5) is 33.9. The number of aliphatic carboxylic acids is 1. The van der Waals surface area contributed by atoms with Crippen molar-refractivity contribution in [3.63, 3.8) is 0 Å². The molecule has 8 nitrogen and oxygen atoms in total. The van der Waals surface area contributed by atoms with Gasteiger partial charge in [-0.05, 0) is 30.6 Å². The molecule has 0 heterocycles. The Labute approximate surface area is 225 Å². The van der Waals surface area contributed by atoms with E-state index in [0.717, 1.165) is 11.1 Å². The van der Waals surface area contributed by atoms with E-state index in [0.29, 0.717) is 6.42 Å². The second-order valence-corrected chi connectivity index (χ2v) is 8.80. The number of carboxylic acid groups (broad SMARTS) is 1. The summed E-state index contributed by atoms with van der Waals surface area (Å²) in [7, 11) is 3.39. The van der Waals surface area contributed by atoms with E-state index in [1.54, 1.807) is 26.4 Å². The highest BCUT2D eigenvalue weighted by Crippen LogP contribution is 2.24. The normalized spacial score (nSPS) is 15.7. The molecular weight excluding hydrogens is 484 g/mol. The van der Waals surface area contributed by atoms with Crippen LogP contribution in [-0.4, -0.2) is 55.9 Å². The zero-order chi connectivity index (χ0) is 28.3. The number of amides is 2. The van der Waals surface area contributed by atoms with Gasteiger partial charge in [-0.25, -0.2) is 0 Å². The fourth-order valence-corrected chi connectivity index (χ4v) is 3.73. The number of hydrogen-bond acceptors (Lipinski definition) is 5. The molecule has 1 rings (SSSR count). The number of carbonyl (C=O) groups is 3. The van der Waals surface area contributed by atoms with Gasteiger partial charge in [0.25, 0.3) is 0 Å². The lowest BCUT2D eigenvalue weighted by molar-refractivity contribution is -0.137. The lowest BCUT2D eigenvalue weighted by atomic mass is 9.88. The molecule has 1 aromatic rings. The maximum atomic E-state index is 12.1. The largest absolute Gasteiger partial charge is 0.480 e. The van der Waals surface area contributed by atoms with Gasteiger partial charge in [0, 0.05) is 38.3 Å². The van der Waals surface area contributed by atoms with E-state index in [1.807, 2.05) is 55.5 Å². The van der Waals surface area contributed by atoms with E-state index in [1.165, 1.54) is 18.4 Å². The number of hydrogen-bond donors (Lipinski definition) is 3. The van der Waals surface area contributed by atoms with Crippen molar-refractivity contribution < 1.29 is 29.0 Å². The Kier molecular flexibility index (Phi) is 15.7. The monoisotopic (exact) mass is 524 g/mol. The summed E-state index contributed by atoms with van der Waals surface area (Å²) in [5.74, 6) is -1.72. The third-order valence-corrected chi connectivity index (χ3v) is 5.70. The first-order chi connectivity index (χ1) is 18.2. The number of methoxy groups -OCH3 is 2. The second kappa shape index (κ2) is 18.5. The van der Waals surface area contributed by atoms with Crippen LogP contribution >= 0.6 is 0 Å². The Hall–Kier alpha value is -3.75. The Morgan fingerprint density at radius 2 is 1.68 bits per heavy atom. The number of carboxylic acids is 1. The van der Waals surface area contributed by atoms with Crippen molar-refractivity contribution in [1.82, 2.24) is 10.6 Å². The maximum Gasteiger partial charge on any atom is 0.322 e. The van der Waals surface area contributed by atoms with Gasteiger partial charge in [-0.3, -0.25) is 14.4 Å². The summed E-state index contributed by atoms with van der Waals surface area (Å²) >= 11 is 0. The molecule has 0 aromatic heterocycles. The van der Waals surface area contributed by atoms with Crippen LogP contribution in [0.3, 0.4) is 0 Å². The lowest BCUT2D eigenvalue weighted by Crippen LogP contribution is -2.35. The van der Waals surface area contributed by atoms with Crippen LogP contribution in [0.5, 0.6) is 0 Å². The van der Waals surface area contributed by atoms with Gasteiger partial charge in [0.2, 0.25) is 11.8 Å². The minimum Gasteiger partial charge on any atom is -0.480 e. The number of rotatable bonds is 16. The van der Waals surface area contributed by atoms with Crippen LogP contribution in [0.1, 0.15) is 32.8 Å². The first kappa shape index (κ1) is 32.3. The molecule has 0 radical (unpaired) electrons. The minimum atomic E-state index is -1.11. The first-order valence-electron chi connectivity index (χ1n) is 12.4. The maximum absolute atomic E-state index is 12.1. The molecule has 1 aromatic carbocycles. The summed E-state index contributed by atoms with van der Waals surface area (Å²) in [6, 6.07) is 10.1. The van der Waals surface area contributed by atoms with Crippen molar-refractivity contribution in [1.29, 1.82) is 0 Å². The molecule has 0 aliphatic rings. The van der Waals surface area contributed by atoms with Crippen LogP contribution in [0.2, 0.25) is 0 Å². The van der Waals surface area contributed by atoms with E-state index < -0.39 is 18.4 Å². The van der Waals surface area contributed by atoms with Crippen LogP contribution in [-0.2, 0) is 23.9 Å². The summed E-state index contributed by atoms with van der Waals surface area (Å²) in [6.07, 6.45) is 15.7. The van der Waals surface area contributed by atoms with Crippen LogP contribution in [0.4, 0.5) is 0 Å². The average Bonchev–Trinajstić information content (AvgIpc) is 2.89. The van der Waals surface area contributed by atoms with Crippen molar-refractivity contribution in [3.8, 4) is 0 Å². The average molecular weight is 525 g/mol. The van der Waals surface area contributed by atoms with E-state index in [2.05, 4.69) is 30.6 Å². The van der Waals surface area contributed by atoms with Crippen molar-refractivity contribution in [2.24, 2.45) is 11.8 Å². The molecule has 0 aliphatic carbocycles. The van der Waals surface area contributed by atoms with E-state index in [-0.39, 0.29) is 30.0 Å². The summed E-state index contributed by atoms with van der Waals surface area (Å²) in [5, 5.41) is 13.4. The zero-order valence-electron chi connectivity index (χ0n) is 22.8. The summed E-state index contributed by atoms with van der Waals surface area (Å²) in [6.45, 7) is 5.58. The smallest absolute Gasteiger partial charge is 0.322 e. The van der Waals surface area contributed by atoms with Gasteiger partial charge in [0.1, 0.15) is 6.54 Å². The van der Waals surface area contributed by atoms with Crippen molar-refractivity contribution in [2.45, 2.75) is 39.4 Å². The molecule has 2 amide bonds. The highest BCUT2D eigenvalue weighted by atomic mass is 16.5. The van der Waals surface area contributed by atoms with Gasteiger partial charge < -0.3 is 25.2 Å². The Morgan fingerprint density at radius 1 is 0.974 bits per heavy atom. The summed E-state index contributed by atoms with van der Waals surface area (Å²) in [5.41, 5.74) is 1.89. The van der Waals surface area contributed by atoms with Gasteiger partial charge in [-0.2, -0.15) is 0 Å². The molecule has 3 N–H and O–H groups in total. The molecule has 0 fully saturated rings. The Balaban J connectivity index is 2.59. The number of allylic oxidation sites excluding steroid dienone is 4. The van der Waals surface area contributed by atoms with Crippen molar-refractivity contribution >= 4 is 23.9 Å². The lowest BCUT2D eigenvalue weighted by Gasteiger charge is -2.30. The van der Waals surface area contributed by atoms with E-state index >= 15 is 0 Å². The third-order valence-electron chi connectivity index (χ3n) is 5.70. The predicted molar refractivity (Wildman–Crippen MR) is 150 cm³/mol. The molecule has 0 spiro atoms. The van der Waals surface area contributed by atoms with E-state index in [9.17, 15) is 14.4 Å². The van der Waals surface area contributed by atoms with Crippen LogP contribution in [0.25, 0.3) is 6.08 Å². The van der Waals surface area contributed by atoms with Crippen molar-refractivity contribution in [2.75, 3.05) is 20.8 Å². The molecule has 0 aliphatic heterocycles. The topological polar surface area (TPSA) is 114 Å². The highest BCUT2D eigenvalue weighted by Gasteiger charge is 2.27. The fraction of sp³-hybridized carbons (Fsp3) is 0.367. The van der Waals surface area contributed by atoms with Crippen molar-refractivity contribution in [3.05, 3.63) is 90.2 Å². The second-order valence-electron chi connectivity index (χ2n) is 8.80. The molecule has 8 heteroatoms. The molecular formula is C30H40N2O6. The predicted octanol–water partition coefficient (Wildman–Crippen LogP) is 4.28. The summed E-state index contributed by atoms with van der Waals surface area (Å²) < 4.78 is 11.5. The first-order valence-corrected chi connectivity index (χ1v) is 12.4. The van der Waals surface area contributed by atoms with Gasteiger partial charge in [0.05, 0.1) is 12.2 Å². The van der Waals surface area contributed by atoms with Gasteiger partial charge >= 0.3 is 5.97 Å².